The molecule has 5 rings (SSSR count). The first-order valence-electron chi connectivity index (χ1n) is 33.4. The number of carbonyl (C=O) groups excluding carboxylic acids is 3. The van der Waals surface area contributed by atoms with E-state index in [0.717, 1.165) is 76.5 Å². The van der Waals surface area contributed by atoms with Gasteiger partial charge in [-0.15, -0.1) is 0 Å². The lowest BCUT2D eigenvalue weighted by molar-refractivity contribution is 0.00474. The molecular formula is C60H122N8O16SSi3. The molecule has 0 aromatic carbocycles. The average molecular weight is 1330 g/mol. The Kier molecular flexibility index (Phi) is 34.2. The summed E-state index contributed by atoms with van der Waals surface area (Å²) in [6.07, 6.45) is 9.09. The SMILES string of the molecule is CC(CCNC(=O)OCCOCCC[Si](C)(O)O[Si](C)(CCCOCCOC(=O)NCCC(C)N1CC1C)OC(C)[Si](C)(CCCOCCOC1OC1NCCC(C)N1CC1C)OS(C)(C)CCCOCCOC(=O)NCCC(C)N1CC1C)N1CC1C. The lowest BCUT2D eigenvalue weighted by Crippen LogP contribution is -2.57. The monoisotopic (exact) mass is 1330 g/mol. The fourth-order valence-corrected chi connectivity index (χ4v) is 27.8. The molecule has 0 radical (unpaired) electrons. The average Bonchev–Trinajstić information content (AvgIpc) is 3.00. The second-order valence-corrected chi connectivity index (χ2v) is 41.1. The first-order valence-corrected chi connectivity index (χ1v) is 43.7. The lowest BCUT2D eigenvalue weighted by Gasteiger charge is -2.46. The topological polar surface area (TPSA) is 246 Å². The quantitative estimate of drug-likeness (QED) is 0.0185. The van der Waals surface area contributed by atoms with E-state index in [1.807, 2.05) is 13.1 Å². The minimum atomic E-state index is -3.33. The van der Waals surface area contributed by atoms with Gasteiger partial charge in [0.2, 0.25) is 8.32 Å². The second-order valence-electron chi connectivity index (χ2n) is 26.5. The Morgan fingerprint density at radius 3 is 1.33 bits per heavy atom. The molecule has 5 aliphatic rings. The zero-order valence-electron chi connectivity index (χ0n) is 56.7. The first kappa shape index (κ1) is 76.9. The summed E-state index contributed by atoms with van der Waals surface area (Å²) in [7, 11) is -10.9. The molecule has 5 N–H and O–H groups in total. The van der Waals surface area contributed by atoms with Crippen LogP contribution in [0.2, 0.25) is 37.8 Å². The molecule has 0 aromatic heterocycles. The third-order valence-corrected chi connectivity index (χ3v) is 32.4. The molecule has 0 saturated carbocycles. The van der Waals surface area contributed by atoms with Gasteiger partial charge in [0.1, 0.15) is 19.8 Å². The summed E-state index contributed by atoms with van der Waals surface area (Å²) in [5, 5.41) is 12.0. The van der Waals surface area contributed by atoms with Crippen LogP contribution in [0, 0.1) is 0 Å². The van der Waals surface area contributed by atoms with E-state index < -0.39 is 54.0 Å². The molecule has 28 heteroatoms. The van der Waals surface area contributed by atoms with Crippen molar-refractivity contribution in [2.45, 2.75) is 218 Å². The van der Waals surface area contributed by atoms with Gasteiger partial charge in [0, 0.05) is 121 Å². The Hall–Kier alpha value is -1.79. The van der Waals surface area contributed by atoms with E-state index in [4.69, 9.17) is 55.0 Å². The van der Waals surface area contributed by atoms with Crippen molar-refractivity contribution < 1.29 is 74.2 Å². The number of carbonyl (C=O) groups is 3. The highest BCUT2D eigenvalue weighted by molar-refractivity contribution is 8.29. The number of alkyl carbamates (subject to hydrolysis) is 3. The van der Waals surface area contributed by atoms with Crippen molar-refractivity contribution in [1.82, 2.24) is 40.9 Å². The van der Waals surface area contributed by atoms with E-state index in [-0.39, 0.29) is 51.3 Å². The summed E-state index contributed by atoms with van der Waals surface area (Å²) in [6, 6.07) is 6.10. The van der Waals surface area contributed by atoms with Crippen molar-refractivity contribution in [2.75, 3.05) is 150 Å². The van der Waals surface area contributed by atoms with Gasteiger partial charge in [-0.25, -0.2) is 14.4 Å². The Bertz CT molecular complexity index is 2010. The van der Waals surface area contributed by atoms with E-state index in [9.17, 15) is 19.2 Å². The molecule has 24 nitrogen and oxygen atoms in total. The minimum absolute atomic E-state index is 0.0780. The van der Waals surface area contributed by atoms with E-state index in [1.54, 1.807) is 0 Å². The predicted octanol–water partition coefficient (Wildman–Crippen LogP) is 6.68. The number of hydrogen-bond acceptors (Lipinski definition) is 21. The fourth-order valence-electron chi connectivity index (χ4n) is 11.5. The van der Waals surface area contributed by atoms with Crippen molar-refractivity contribution in [3.63, 3.8) is 0 Å². The molecule has 5 heterocycles. The van der Waals surface area contributed by atoms with Gasteiger partial charge in [-0.2, -0.15) is 10.3 Å². The molecular weight excluding hydrogens is 1210 g/mol. The zero-order valence-corrected chi connectivity index (χ0v) is 60.6. The van der Waals surface area contributed by atoms with Gasteiger partial charge in [0.05, 0.1) is 38.8 Å². The molecule has 0 spiro atoms. The molecule has 5 aliphatic heterocycles. The Labute approximate surface area is 534 Å². The van der Waals surface area contributed by atoms with E-state index in [0.29, 0.717) is 139 Å². The molecule has 5 saturated heterocycles. The van der Waals surface area contributed by atoms with Crippen LogP contribution in [0.5, 0.6) is 0 Å². The number of epoxide rings is 1. The molecule has 0 aliphatic carbocycles. The maximum absolute atomic E-state index is 12.4. The van der Waals surface area contributed by atoms with Gasteiger partial charge in [0.15, 0.2) is 12.5 Å². The number of nitrogens with zero attached hydrogens (tertiary/aromatic N) is 4. The summed E-state index contributed by atoms with van der Waals surface area (Å²) in [6.45, 7) is 36.8. The molecule has 3 amide bonds. The van der Waals surface area contributed by atoms with E-state index in [2.05, 4.69) is 122 Å². The summed E-state index contributed by atoms with van der Waals surface area (Å²) < 4.78 is 73.3. The lowest BCUT2D eigenvalue weighted by atomic mass is 10.2. The number of hydrogen-bond donors (Lipinski definition) is 5. The van der Waals surface area contributed by atoms with Crippen LogP contribution in [0.4, 0.5) is 14.4 Å². The highest BCUT2D eigenvalue weighted by atomic mass is 32.3. The van der Waals surface area contributed by atoms with Crippen LogP contribution in [-0.4, -0.2) is 285 Å². The zero-order chi connectivity index (χ0) is 64.3. The molecule has 18 unspecified atom stereocenters. The standard InChI is InChI=1S/C60H122N8O16SSi3/c1-47(65-43-51(65)5)19-23-61-56-57(81-56)77-35-31-74-28-16-40-86(12,83-85(10,11)39-15-27-73-32-36-78-58(69)62-24-20-48(2)66-44-52(66)6)55(9)82-88(14,42-18-30-76-34-38-80-60(71)64-26-22-50(4)68-46-54(68)8)84-87(13,72)41-17-29-75-33-37-79-59(70)63-25-21-49(3)67-45-53(67)7/h47-57,61,72H,15-46H2,1-14H3,(H,62,69)(H,63,70)(H,64,71). The van der Waals surface area contributed by atoms with Gasteiger partial charge in [-0.05, 0) is 176 Å². The number of rotatable bonds is 53. The van der Waals surface area contributed by atoms with Crippen LogP contribution >= 0.6 is 10.3 Å². The van der Waals surface area contributed by atoms with Gasteiger partial charge in [-0.3, -0.25) is 24.9 Å². The Morgan fingerprint density at radius 2 is 0.909 bits per heavy atom. The summed E-state index contributed by atoms with van der Waals surface area (Å²) in [4.78, 5) is 58.8. The van der Waals surface area contributed by atoms with Crippen LogP contribution in [0.3, 0.4) is 0 Å². The Morgan fingerprint density at radius 1 is 0.534 bits per heavy atom. The fraction of sp³-hybridized carbons (Fsp3) is 0.950. The molecule has 5 fully saturated rings. The van der Waals surface area contributed by atoms with Crippen molar-refractivity contribution in [2.24, 2.45) is 0 Å². The van der Waals surface area contributed by atoms with E-state index in [1.165, 1.54) is 6.54 Å². The van der Waals surface area contributed by atoms with Crippen LogP contribution < -0.4 is 21.3 Å². The van der Waals surface area contributed by atoms with Crippen molar-refractivity contribution in [1.29, 1.82) is 0 Å². The van der Waals surface area contributed by atoms with Gasteiger partial charge in [-0.1, -0.05) is 0 Å². The van der Waals surface area contributed by atoms with E-state index >= 15 is 0 Å². The normalized spacial score (nSPS) is 27.5. The van der Waals surface area contributed by atoms with Crippen molar-refractivity contribution >= 4 is 54.0 Å². The number of amides is 3. The number of nitrogens with one attached hydrogen (secondary N) is 4. The molecule has 0 aromatic rings. The first-order chi connectivity index (χ1) is 41.8. The van der Waals surface area contributed by atoms with Gasteiger partial charge in [0.25, 0.3) is 0 Å². The van der Waals surface area contributed by atoms with Crippen LogP contribution in [0.1, 0.15) is 114 Å². The molecule has 18 atom stereocenters. The third-order valence-electron chi connectivity index (χ3n) is 17.5. The van der Waals surface area contributed by atoms with Gasteiger partial charge < -0.3 is 75.8 Å². The highest BCUT2D eigenvalue weighted by Gasteiger charge is 2.48. The Balaban J connectivity index is 1.10. The third kappa shape index (κ3) is 31.9. The van der Waals surface area contributed by atoms with Crippen LogP contribution in [0.25, 0.3) is 0 Å². The maximum atomic E-state index is 12.4. The summed E-state index contributed by atoms with van der Waals surface area (Å²) in [5.74, 6) is 0.799. The van der Waals surface area contributed by atoms with Crippen LogP contribution in [-0.2, 0) is 55.0 Å². The second kappa shape index (κ2) is 39.2. The predicted molar refractivity (Wildman–Crippen MR) is 352 cm³/mol. The largest absolute Gasteiger partial charge is 0.447 e. The molecule has 88 heavy (non-hydrogen) atoms. The molecule has 0 bridgehead atoms. The van der Waals surface area contributed by atoms with Gasteiger partial charge >= 0.3 is 35.4 Å². The number of ether oxygens (including phenoxy) is 9. The maximum Gasteiger partial charge on any atom is 0.407 e. The smallest absolute Gasteiger partial charge is 0.407 e. The highest BCUT2D eigenvalue weighted by Crippen LogP contribution is 2.47. The minimum Gasteiger partial charge on any atom is -0.447 e. The van der Waals surface area contributed by atoms with Crippen molar-refractivity contribution in [3.05, 3.63) is 0 Å². The van der Waals surface area contributed by atoms with Crippen LogP contribution in [0.15, 0.2) is 0 Å². The van der Waals surface area contributed by atoms with Crippen molar-refractivity contribution in [3.8, 4) is 0 Å². The summed E-state index contributed by atoms with van der Waals surface area (Å²) >= 11 is 0. The molecule has 516 valence electrons. The summed E-state index contributed by atoms with van der Waals surface area (Å²) in [5.41, 5.74) is -0.324.